The number of ketones is 1. The van der Waals surface area contributed by atoms with E-state index in [4.69, 9.17) is 9.47 Å². The lowest BCUT2D eigenvalue weighted by Gasteiger charge is -2.22. The van der Waals surface area contributed by atoms with E-state index in [-0.39, 0.29) is 11.9 Å². The number of aryl methyl sites for hydroxylation is 3. The van der Waals surface area contributed by atoms with E-state index in [0.29, 0.717) is 26.2 Å². The molecule has 0 aliphatic carbocycles. The molecule has 1 unspecified atom stereocenters. The van der Waals surface area contributed by atoms with Crippen LogP contribution in [0, 0.1) is 20.8 Å². The lowest BCUT2D eigenvalue weighted by atomic mass is 9.94. The molecule has 1 aromatic rings. The van der Waals surface area contributed by atoms with Gasteiger partial charge in [-0.05, 0) is 37.5 Å². The smallest absolute Gasteiger partial charge is 0.168 e. The third-order valence-electron chi connectivity index (χ3n) is 3.37. The fourth-order valence-corrected chi connectivity index (χ4v) is 2.45. The number of hydrogen-bond acceptors (Lipinski definition) is 3. The summed E-state index contributed by atoms with van der Waals surface area (Å²) in [6, 6.07) is 4.24. The molecule has 0 saturated carbocycles. The van der Waals surface area contributed by atoms with Crippen molar-refractivity contribution in [1.82, 2.24) is 0 Å². The molecule has 0 aromatic heterocycles. The molecule has 0 radical (unpaired) electrons. The number of carbonyl (C=O) groups excluding carboxylic acids is 1. The van der Waals surface area contributed by atoms with E-state index in [1.165, 1.54) is 16.7 Å². The molecule has 1 aliphatic rings. The van der Waals surface area contributed by atoms with Crippen molar-refractivity contribution >= 4 is 5.78 Å². The van der Waals surface area contributed by atoms with E-state index in [2.05, 4.69) is 32.9 Å². The lowest BCUT2D eigenvalue weighted by Crippen LogP contribution is -2.36. The molecule has 1 saturated heterocycles. The monoisotopic (exact) mass is 248 g/mol. The van der Waals surface area contributed by atoms with Crippen LogP contribution >= 0.6 is 0 Å². The molecule has 0 N–H and O–H groups in total. The summed E-state index contributed by atoms with van der Waals surface area (Å²) in [5, 5.41) is 0. The Kier molecular flexibility index (Phi) is 4.15. The zero-order valence-corrected chi connectivity index (χ0v) is 11.3. The van der Waals surface area contributed by atoms with Crippen molar-refractivity contribution in [2.45, 2.75) is 33.3 Å². The first kappa shape index (κ1) is 13.2. The molecule has 1 aliphatic heterocycles. The summed E-state index contributed by atoms with van der Waals surface area (Å²) in [6.07, 6.45) is 0.0465. The molecule has 18 heavy (non-hydrogen) atoms. The Morgan fingerprint density at radius 2 is 1.89 bits per heavy atom. The summed E-state index contributed by atoms with van der Waals surface area (Å²) < 4.78 is 10.7. The molecule has 3 nitrogen and oxygen atoms in total. The van der Waals surface area contributed by atoms with Crippen molar-refractivity contribution in [2.24, 2.45) is 0 Å². The lowest BCUT2D eigenvalue weighted by molar-refractivity contribution is -0.144. The molecule has 0 bridgehead atoms. The Hall–Kier alpha value is -1.19. The highest BCUT2D eigenvalue weighted by Crippen LogP contribution is 2.18. The van der Waals surface area contributed by atoms with Crippen molar-refractivity contribution < 1.29 is 14.3 Å². The summed E-state index contributed by atoms with van der Waals surface area (Å²) in [4.78, 5) is 12.2. The maximum absolute atomic E-state index is 12.2. The summed E-state index contributed by atoms with van der Waals surface area (Å²) in [6.45, 7) is 7.68. The first-order valence-corrected chi connectivity index (χ1v) is 6.36. The topological polar surface area (TPSA) is 35.5 Å². The normalized spacial score (nSPS) is 19.8. The molecule has 2 rings (SSSR count). The highest BCUT2D eigenvalue weighted by atomic mass is 16.6. The average Bonchev–Trinajstić information content (AvgIpc) is 2.34. The predicted octanol–water partition coefficient (Wildman–Crippen LogP) is 2.14. The number of Topliss-reactive ketones (excluding diaryl/α,β-unsaturated/α-hetero) is 1. The maximum Gasteiger partial charge on any atom is 0.168 e. The second-order valence-electron chi connectivity index (χ2n) is 4.95. The number of ether oxygens (including phenoxy) is 2. The predicted molar refractivity (Wildman–Crippen MR) is 69.9 cm³/mol. The Labute approximate surface area is 108 Å². The van der Waals surface area contributed by atoms with Gasteiger partial charge in [-0.15, -0.1) is 0 Å². The van der Waals surface area contributed by atoms with E-state index < -0.39 is 0 Å². The van der Waals surface area contributed by atoms with Crippen molar-refractivity contribution in [3.05, 3.63) is 34.4 Å². The zero-order chi connectivity index (χ0) is 13.1. The molecule has 3 heteroatoms. The number of hydrogen-bond donors (Lipinski definition) is 0. The van der Waals surface area contributed by atoms with Gasteiger partial charge >= 0.3 is 0 Å². The van der Waals surface area contributed by atoms with Gasteiger partial charge in [-0.2, -0.15) is 0 Å². The fourth-order valence-electron chi connectivity index (χ4n) is 2.45. The molecule has 1 fully saturated rings. The van der Waals surface area contributed by atoms with Crippen LogP contribution in [0.2, 0.25) is 0 Å². The van der Waals surface area contributed by atoms with Gasteiger partial charge in [-0.1, -0.05) is 17.7 Å². The third kappa shape index (κ3) is 2.98. The molecule has 1 aromatic carbocycles. The van der Waals surface area contributed by atoms with Crippen LogP contribution < -0.4 is 0 Å². The number of benzene rings is 1. The van der Waals surface area contributed by atoms with Crippen LogP contribution in [0.25, 0.3) is 0 Å². The van der Waals surface area contributed by atoms with E-state index in [1.54, 1.807) is 0 Å². The molecule has 1 heterocycles. The number of rotatable bonds is 3. The summed E-state index contributed by atoms with van der Waals surface area (Å²) >= 11 is 0. The largest absolute Gasteiger partial charge is 0.376 e. The van der Waals surface area contributed by atoms with Crippen LogP contribution in [0.5, 0.6) is 0 Å². The fraction of sp³-hybridized carbons (Fsp3) is 0.533. The standard InChI is InChI=1S/C15H20O3/c1-10-6-11(2)13(12(3)7-10)8-14(16)15-9-17-4-5-18-15/h6-7,15H,4-5,8-9H2,1-3H3. The third-order valence-corrected chi connectivity index (χ3v) is 3.37. The Bertz CT molecular complexity index is 422. The second kappa shape index (κ2) is 5.63. The minimum atomic E-state index is -0.390. The number of carbonyl (C=O) groups is 1. The van der Waals surface area contributed by atoms with Crippen LogP contribution in [0.3, 0.4) is 0 Å². The van der Waals surface area contributed by atoms with Crippen LogP contribution in [0.15, 0.2) is 12.1 Å². The summed E-state index contributed by atoms with van der Waals surface area (Å²) in [7, 11) is 0. The van der Waals surface area contributed by atoms with Gasteiger partial charge in [0, 0.05) is 6.42 Å². The Morgan fingerprint density at radius 3 is 2.44 bits per heavy atom. The van der Waals surface area contributed by atoms with Gasteiger partial charge in [0.1, 0.15) is 6.10 Å². The minimum absolute atomic E-state index is 0.116. The average molecular weight is 248 g/mol. The second-order valence-corrected chi connectivity index (χ2v) is 4.95. The van der Waals surface area contributed by atoms with Crippen LogP contribution in [0.1, 0.15) is 22.3 Å². The van der Waals surface area contributed by atoms with E-state index in [9.17, 15) is 4.79 Å². The van der Waals surface area contributed by atoms with Crippen LogP contribution in [-0.2, 0) is 20.7 Å². The van der Waals surface area contributed by atoms with Gasteiger partial charge in [-0.25, -0.2) is 0 Å². The highest BCUT2D eigenvalue weighted by Gasteiger charge is 2.23. The van der Waals surface area contributed by atoms with Crippen molar-refractivity contribution in [1.29, 1.82) is 0 Å². The van der Waals surface area contributed by atoms with Gasteiger partial charge in [0.2, 0.25) is 0 Å². The van der Waals surface area contributed by atoms with Crippen molar-refractivity contribution in [3.8, 4) is 0 Å². The van der Waals surface area contributed by atoms with Crippen LogP contribution in [-0.4, -0.2) is 31.7 Å². The SMILES string of the molecule is Cc1cc(C)c(CC(=O)C2COCCO2)c(C)c1. The van der Waals surface area contributed by atoms with Gasteiger partial charge in [0.25, 0.3) is 0 Å². The van der Waals surface area contributed by atoms with Crippen molar-refractivity contribution in [2.75, 3.05) is 19.8 Å². The highest BCUT2D eigenvalue weighted by molar-refractivity contribution is 5.86. The Morgan fingerprint density at radius 1 is 1.22 bits per heavy atom. The summed E-state index contributed by atoms with van der Waals surface area (Å²) in [5.41, 5.74) is 4.72. The van der Waals surface area contributed by atoms with Gasteiger partial charge < -0.3 is 9.47 Å². The minimum Gasteiger partial charge on any atom is -0.376 e. The maximum atomic E-state index is 12.2. The van der Waals surface area contributed by atoms with E-state index >= 15 is 0 Å². The van der Waals surface area contributed by atoms with E-state index in [0.717, 1.165) is 5.56 Å². The first-order chi connectivity index (χ1) is 8.58. The molecular weight excluding hydrogens is 228 g/mol. The van der Waals surface area contributed by atoms with Gasteiger partial charge in [-0.3, -0.25) is 4.79 Å². The van der Waals surface area contributed by atoms with Crippen molar-refractivity contribution in [3.63, 3.8) is 0 Å². The van der Waals surface area contributed by atoms with Crippen LogP contribution in [0.4, 0.5) is 0 Å². The summed E-state index contributed by atoms with van der Waals surface area (Å²) in [5.74, 6) is 0.116. The van der Waals surface area contributed by atoms with E-state index in [1.807, 2.05) is 0 Å². The zero-order valence-electron chi connectivity index (χ0n) is 11.3. The molecule has 0 spiro atoms. The Balaban J connectivity index is 2.11. The first-order valence-electron chi connectivity index (χ1n) is 6.36. The molecule has 0 amide bonds. The molecule has 1 atom stereocenters. The van der Waals surface area contributed by atoms with Gasteiger partial charge in [0.15, 0.2) is 5.78 Å². The van der Waals surface area contributed by atoms with Gasteiger partial charge in [0.05, 0.1) is 19.8 Å². The quantitative estimate of drug-likeness (QED) is 0.822. The molecular formula is C15H20O3. The molecule has 98 valence electrons.